The number of aromatic carboxylic acids is 1. The second-order valence-corrected chi connectivity index (χ2v) is 3.67. The largest absolute Gasteiger partial charge is 0.478 e. The van der Waals surface area contributed by atoms with Crippen LogP contribution < -0.4 is 0 Å². The summed E-state index contributed by atoms with van der Waals surface area (Å²) in [5.74, 6) is -0.918. The molecule has 0 unspecified atom stereocenters. The van der Waals surface area contributed by atoms with Crippen molar-refractivity contribution in [3.05, 3.63) is 66.2 Å². The monoisotopic (exact) mass is 223 g/mol. The third-order valence-corrected chi connectivity index (χ3v) is 2.55. The first-order valence-electron chi connectivity index (χ1n) is 5.19. The molecule has 2 aromatic rings. The molecule has 83 valence electrons. The number of carboxylic acids is 1. The lowest BCUT2D eigenvalue weighted by molar-refractivity contribution is 0.0697. The predicted octanol–water partition coefficient (Wildman–Crippen LogP) is 3.50. The van der Waals surface area contributed by atoms with Gasteiger partial charge in [-0.3, -0.25) is 0 Å². The Morgan fingerprint density at radius 3 is 2.35 bits per heavy atom. The van der Waals surface area contributed by atoms with Crippen LogP contribution in [0.15, 0.2) is 48.5 Å². The Hall–Kier alpha value is -2.35. The van der Waals surface area contributed by atoms with Gasteiger partial charge in [-0.2, -0.15) is 0 Å². The summed E-state index contributed by atoms with van der Waals surface area (Å²) in [5, 5.41) is 8.92. The average molecular weight is 223 g/mol. The van der Waals surface area contributed by atoms with Gasteiger partial charge in [0.05, 0.1) is 5.56 Å². The molecule has 2 heteroatoms. The molecule has 2 rings (SSSR count). The number of carbonyl (C=O) groups is 1. The lowest BCUT2D eigenvalue weighted by Gasteiger charge is -2.03. The van der Waals surface area contributed by atoms with Gasteiger partial charge >= 0.3 is 5.97 Å². The van der Waals surface area contributed by atoms with E-state index in [1.165, 1.54) is 6.08 Å². The Morgan fingerprint density at radius 1 is 1.06 bits per heavy atom. The van der Waals surface area contributed by atoms with E-state index in [2.05, 4.69) is 0 Å². The highest BCUT2D eigenvalue weighted by Gasteiger charge is 2.04. The minimum absolute atomic E-state index is 0.289. The standard InChI is InChI=1S/C15H11O2/c1-2-11-6-8-12(9-7-11)13-4-3-5-14(10-13)15(16)17/h1-10H,(H,16,17). The minimum Gasteiger partial charge on any atom is -0.478 e. The average Bonchev–Trinajstić information content (AvgIpc) is 2.39. The first-order valence-corrected chi connectivity index (χ1v) is 5.19. The smallest absolute Gasteiger partial charge is 0.335 e. The van der Waals surface area contributed by atoms with E-state index in [9.17, 15) is 4.79 Å². The minimum atomic E-state index is -0.918. The number of carboxylic acid groups (broad SMARTS) is 1. The quantitative estimate of drug-likeness (QED) is 0.864. The molecule has 0 fully saturated rings. The summed E-state index contributed by atoms with van der Waals surface area (Å²) in [5.41, 5.74) is 3.08. The molecule has 1 radical (unpaired) electrons. The highest BCUT2D eigenvalue weighted by atomic mass is 16.4. The fourth-order valence-corrected chi connectivity index (χ4v) is 1.62. The highest BCUT2D eigenvalue weighted by Crippen LogP contribution is 2.21. The van der Waals surface area contributed by atoms with Crippen LogP contribution in [-0.2, 0) is 0 Å². The van der Waals surface area contributed by atoms with Crippen molar-refractivity contribution < 1.29 is 9.90 Å². The molecule has 0 saturated heterocycles. The van der Waals surface area contributed by atoms with Crippen molar-refractivity contribution in [2.45, 2.75) is 0 Å². The van der Waals surface area contributed by atoms with Gasteiger partial charge in [0, 0.05) is 0 Å². The van der Waals surface area contributed by atoms with E-state index in [-0.39, 0.29) is 5.56 Å². The topological polar surface area (TPSA) is 37.3 Å². The van der Waals surface area contributed by atoms with E-state index in [0.29, 0.717) is 0 Å². The molecule has 0 aliphatic heterocycles. The van der Waals surface area contributed by atoms with Gasteiger partial charge in [-0.1, -0.05) is 49.1 Å². The zero-order valence-corrected chi connectivity index (χ0v) is 9.13. The van der Waals surface area contributed by atoms with Crippen molar-refractivity contribution in [1.29, 1.82) is 0 Å². The van der Waals surface area contributed by atoms with E-state index in [1.54, 1.807) is 18.2 Å². The van der Waals surface area contributed by atoms with E-state index < -0.39 is 5.97 Å². The molecular formula is C15H11O2. The van der Waals surface area contributed by atoms with Crippen LogP contribution in [0, 0.1) is 6.58 Å². The van der Waals surface area contributed by atoms with Gasteiger partial charge in [-0.05, 0) is 28.8 Å². The van der Waals surface area contributed by atoms with Gasteiger partial charge in [0.25, 0.3) is 0 Å². The summed E-state index contributed by atoms with van der Waals surface area (Å²) >= 11 is 0. The van der Waals surface area contributed by atoms with Crippen LogP contribution in [0.1, 0.15) is 15.9 Å². The molecule has 0 atom stereocenters. The molecule has 0 amide bonds. The molecule has 17 heavy (non-hydrogen) atoms. The third-order valence-electron chi connectivity index (χ3n) is 2.55. The maximum absolute atomic E-state index is 10.9. The van der Waals surface area contributed by atoms with Gasteiger partial charge in [0.15, 0.2) is 0 Å². The molecule has 0 spiro atoms. The van der Waals surface area contributed by atoms with Crippen LogP contribution in [0.3, 0.4) is 0 Å². The number of hydrogen-bond acceptors (Lipinski definition) is 1. The van der Waals surface area contributed by atoms with E-state index in [1.807, 2.05) is 30.3 Å². The van der Waals surface area contributed by atoms with Gasteiger partial charge in [0.1, 0.15) is 0 Å². The van der Waals surface area contributed by atoms with Crippen molar-refractivity contribution >= 4 is 12.0 Å². The van der Waals surface area contributed by atoms with Crippen molar-refractivity contribution in [3.63, 3.8) is 0 Å². The number of rotatable bonds is 3. The lowest BCUT2D eigenvalue weighted by atomic mass is 10.0. The summed E-state index contributed by atoms with van der Waals surface area (Å²) in [6, 6.07) is 14.5. The highest BCUT2D eigenvalue weighted by molar-refractivity contribution is 5.89. The van der Waals surface area contributed by atoms with Gasteiger partial charge in [-0.15, -0.1) is 0 Å². The predicted molar refractivity (Wildman–Crippen MR) is 67.6 cm³/mol. The fraction of sp³-hybridized carbons (Fsp3) is 0. The van der Waals surface area contributed by atoms with Gasteiger partial charge in [0.2, 0.25) is 0 Å². The summed E-state index contributed by atoms with van der Waals surface area (Å²) in [4.78, 5) is 10.9. The first-order chi connectivity index (χ1) is 8.20. The molecule has 0 bridgehead atoms. The van der Waals surface area contributed by atoms with Gasteiger partial charge in [-0.25, -0.2) is 4.79 Å². The summed E-state index contributed by atoms with van der Waals surface area (Å²) < 4.78 is 0. The molecule has 2 nitrogen and oxygen atoms in total. The van der Waals surface area contributed by atoms with Gasteiger partial charge < -0.3 is 5.11 Å². The Bertz CT molecular complexity index is 553. The van der Waals surface area contributed by atoms with E-state index >= 15 is 0 Å². The molecule has 0 aliphatic rings. The lowest BCUT2D eigenvalue weighted by Crippen LogP contribution is -1.95. The van der Waals surface area contributed by atoms with Crippen LogP contribution in [0.5, 0.6) is 0 Å². The van der Waals surface area contributed by atoms with Crippen LogP contribution in [0.25, 0.3) is 17.2 Å². The summed E-state index contributed by atoms with van der Waals surface area (Å²) in [7, 11) is 0. The maximum atomic E-state index is 10.9. The van der Waals surface area contributed by atoms with Crippen molar-refractivity contribution in [2.24, 2.45) is 0 Å². The third kappa shape index (κ3) is 2.42. The van der Waals surface area contributed by atoms with Crippen LogP contribution >= 0.6 is 0 Å². The molecule has 0 aliphatic carbocycles. The van der Waals surface area contributed by atoms with Crippen molar-refractivity contribution in [2.75, 3.05) is 0 Å². The SMILES string of the molecule is [CH]=Cc1ccc(-c2cccc(C(=O)O)c2)cc1. The zero-order chi connectivity index (χ0) is 12.3. The Balaban J connectivity index is 2.41. The molecular weight excluding hydrogens is 212 g/mol. The Morgan fingerprint density at radius 2 is 1.76 bits per heavy atom. The van der Waals surface area contributed by atoms with Crippen molar-refractivity contribution in [1.82, 2.24) is 0 Å². The van der Waals surface area contributed by atoms with Crippen LogP contribution in [0.2, 0.25) is 0 Å². The molecule has 0 aromatic heterocycles. The first kappa shape index (κ1) is 11.1. The second kappa shape index (κ2) is 4.66. The Labute approximate surface area is 99.8 Å². The molecule has 1 N–H and O–H groups in total. The zero-order valence-electron chi connectivity index (χ0n) is 9.13. The molecule has 0 saturated carbocycles. The summed E-state index contributed by atoms with van der Waals surface area (Å²) in [6.07, 6.45) is 1.53. The van der Waals surface area contributed by atoms with Crippen molar-refractivity contribution in [3.8, 4) is 11.1 Å². The summed E-state index contributed by atoms with van der Waals surface area (Å²) in [6.45, 7) is 5.40. The Kier molecular flexibility index (Phi) is 3.06. The van der Waals surface area contributed by atoms with Crippen LogP contribution in [-0.4, -0.2) is 11.1 Å². The van der Waals surface area contributed by atoms with E-state index in [0.717, 1.165) is 16.7 Å². The molecule has 0 heterocycles. The van der Waals surface area contributed by atoms with Crippen LogP contribution in [0.4, 0.5) is 0 Å². The molecule has 2 aromatic carbocycles. The number of hydrogen-bond donors (Lipinski definition) is 1. The second-order valence-electron chi connectivity index (χ2n) is 3.67. The number of benzene rings is 2. The normalized spacial score (nSPS) is 9.88. The fourth-order valence-electron chi connectivity index (χ4n) is 1.62. The maximum Gasteiger partial charge on any atom is 0.335 e. The van der Waals surface area contributed by atoms with E-state index in [4.69, 9.17) is 11.7 Å².